The number of phenols is 1. The quantitative estimate of drug-likeness (QED) is 0.689. The molecule has 0 amide bonds. The molecule has 3 nitrogen and oxygen atoms in total. The third-order valence-electron chi connectivity index (χ3n) is 1.62. The molecule has 3 heteroatoms. The summed E-state index contributed by atoms with van der Waals surface area (Å²) in [5.41, 5.74) is 0.407. The van der Waals surface area contributed by atoms with Crippen LogP contribution < -0.4 is 4.74 Å². The van der Waals surface area contributed by atoms with E-state index in [9.17, 15) is 5.11 Å². The van der Waals surface area contributed by atoms with Crippen molar-refractivity contribution in [2.24, 2.45) is 0 Å². The van der Waals surface area contributed by atoms with Crippen LogP contribution >= 0.6 is 0 Å². The molecule has 0 aliphatic heterocycles. The lowest BCUT2D eigenvalue weighted by molar-refractivity contribution is 0.263. The van der Waals surface area contributed by atoms with Crippen LogP contribution in [0.2, 0.25) is 0 Å². The first-order valence-corrected chi connectivity index (χ1v) is 3.95. The summed E-state index contributed by atoms with van der Waals surface area (Å²) in [4.78, 5) is 0. The van der Waals surface area contributed by atoms with Gasteiger partial charge in [-0.05, 0) is 12.1 Å². The molecule has 0 aliphatic rings. The van der Waals surface area contributed by atoms with Crippen LogP contribution in [-0.4, -0.2) is 16.8 Å². The van der Waals surface area contributed by atoms with E-state index in [2.05, 4.69) is 6.58 Å². The van der Waals surface area contributed by atoms with E-state index in [1.807, 2.05) is 0 Å². The number of hydrogen-bond donors (Lipinski definition) is 2. The van der Waals surface area contributed by atoms with Crippen molar-refractivity contribution < 1.29 is 14.9 Å². The van der Waals surface area contributed by atoms with Crippen molar-refractivity contribution in [2.75, 3.05) is 6.61 Å². The normalized spacial score (nSPS) is 9.62. The molecule has 1 rings (SSSR count). The first-order chi connectivity index (χ1) is 6.29. The van der Waals surface area contributed by atoms with Crippen LogP contribution in [0.5, 0.6) is 11.5 Å². The number of benzene rings is 1. The standard InChI is InChI=1S/C10H12O3/c1-2-6-13-10-5-3-4-9(12)8(10)7-11/h2-5,11-12H,1,6-7H2. The van der Waals surface area contributed by atoms with Gasteiger partial charge in [-0.25, -0.2) is 0 Å². The SMILES string of the molecule is C=CCOc1cccc(O)c1CO. The molecule has 0 radical (unpaired) electrons. The van der Waals surface area contributed by atoms with E-state index in [0.717, 1.165) is 0 Å². The molecule has 0 saturated carbocycles. The zero-order valence-electron chi connectivity index (χ0n) is 7.23. The maximum absolute atomic E-state index is 9.32. The molecule has 0 saturated heterocycles. The summed E-state index contributed by atoms with van der Waals surface area (Å²) < 4.78 is 5.22. The van der Waals surface area contributed by atoms with Crippen molar-refractivity contribution in [3.8, 4) is 11.5 Å². The van der Waals surface area contributed by atoms with Crippen molar-refractivity contribution in [1.82, 2.24) is 0 Å². The van der Waals surface area contributed by atoms with E-state index >= 15 is 0 Å². The second-order valence-corrected chi connectivity index (χ2v) is 2.51. The number of hydrogen-bond acceptors (Lipinski definition) is 3. The number of rotatable bonds is 4. The number of aliphatic hydroxyl groups excluding tert-OH is 1. The van der Waals surface area contributed by atoms with E-state index in [4.69, 9.17) is 9.84 Å². The molecule has 70 valence electrons. The van der Waals surface area contributed by atoms with Gasteiger partial charge < -0.3 is 14.9 Å². The maximum Gasteiger partial charge on any atom is 0.129 e. The van der Waals surface area contributed by atoms with Gasteiger partial charge >= 0.3 is 0 Å². The van der Waals surface area contributed by atoms with E-state index in [-0.39, 0.29) is 12.4 Å². The number of aliphatic hydroxyl groups is 1. The fourth-order valence-corrected chi connectivity index (χ4v) is 0.997. The Morgan fingerprint density at radius 2 is 2.23 bits per heavy atom. The Labute approximate surface area is 76.9 Å². The molecule has 0 unspecified atom stereocenters. The topological polar surface area (TPSA) is 49.7 Å². The highest BCUT2D eigenvalue weighted by Gasteiger charge is 2.06. The Bertz CT molecular complexity index is 294. The van der Waals surface area contributed by atoms with Gasteiger partial charge in [0.15, 0.2) is 0 Å². The van der Waals surface area contributed by atoms with E-state index in [1.54, 1.807) is 18.2 Å². The van der Waals surface area contributed by atoms with Gasteiger partial charge in [0.05, 0.1) is 12.2 Å². The van der Waals surface area contributed by atoms with Crippen LogP contribution in [0.3, 0.4) is 0 Å². The van der Waals surface area contributed by atoms with Crippen molar-refractivity contribution in [3.05, 3.63) is 36.4 Å². The minimum absolute atomic E-state index is 0.0454. The van der Waals surface area contributed by atoms with Crippen LogP contribution in [0.4, 0.5) is 0 Å². The lowest BCUT2D eigenvalue weighted by atomic mass is 10.2. The Morgan fingerprint density at radius 3 is 2.85 bits per heavy atom. The molecule has 0 spiro atoms. The highest BCUT2D eigenvalue weighted by Crippen LogP contribution is 2.27. The molecular weight excluding hydrogens is 168 g/mol. The van der Waals surface area contributed by atoms with Crippen molar-refractivity contribution in [2.45, 2.75) is 6.61 Å². The summed E-state index contributed by atoms with van der Waals surface area (Å²) in [7, 11) is 0. The summed E-state index contributed by atoms with van der Waals surface area (Å²) in [5.74, 6) is 0.534. The van der Waals surface area contributed by atoms with E-state index in [1.165, 1.54) is 6.07 Å². The van der Waals surface area contributed by atoms with Crippen LogP contribution in [0.1, 0.15) is 5.56 Å². The zero-order chi connectivity index (χ0) is 9.68. The Kier molecular flexibility index (Phi) is 3.34. The largest absolute Gasteiger partial charge is 0.507 e. The monoisotopic (exact) mass is 180 g/mol. The summed E-state index contributed by atoms with van der Waals surface area (Å²) in [6.45, 7) is 3.62. The van der Waals surface area contributed by atoms with Gasteiger partial charge in [-0.3, -0.25) is 0 Å². The third kappa shape index (κ3) is 2.23. The number of ether oxygens (including phenoxy) is 1. The highest BCUT2D eigenvalue weighted by molar-refractivity contribution is 5.43. The Balaban J connectivity index is 2.91. The van der Waals surface area contributed by atoms with Gasteiger partial charge in [0, 0.05) is 0 Å². The maximum atomic E-state index is 9.32. The van der Waals surface area contributed by atoms with Gasteiger partial charge in [-0.15, -0.1) is 0 Å². The first-order valence-electron chi connectivity index (χ1n) is 3.95. The van der Waals surface area contributed by atoms with Crippen molar-refractivity contribution in [3.63, 3.8) is 0 Å². The predicted octanol–water partition coefficient (Wildman–Crippen LogP) is 1.45. The molecule has 0 aromatic heterocycles. The van der Waals surface area contributed by atoms with E-state index < -0.39 is 0 Å². The number of aromatic hydroxyl groups is 1. The minimum Gasteiger partial charge on any atom is -0.507 e. The second kappa shape index (κ2) is 4.52. The Hall–Kier alpha value is -1.48. The van der Waals surface area contributed by atoms with Crippen LogP contribution in [0.15, 0.2) is 30.9 Å². The minimum atomic E-state index is -0.237. The van der Waals surface area contributed by atoms with Crippen molar-refractivity contribution in [1.29, 1.82) is 0 Å². The first kappa shape index (κ1) is 9.61. The molecular formula is C10H12O3. The molecule has 13 heavy (non-hydrogen) atoms. The zero-order valence-corrected chi connectivity index (χ0v) is 7.23. The van der Waals surface area contributed by atoms with Crippen LogP contribution in [0.25, 0.3) is 0 Å². The van der Waals surface area contributed by atoms with Gasteiger partial charge in [0.1, 0.15) is 18.1 Å². The average Bonchev–Trinajstić information content (AvgIpc) is 2.15. The molecule has 0 heterocycles. The lowest BCUT2D eigenvalue weighted by Gasteiger charge is -2.09. The van der Waals surface area contributed by atoms with E-state index in [0.29, 0.717) is 17.9 Å². The molecule has 1 aromatic carbocycles. The lowest BCUT2D eigenvalue weighted by Crippen LogP contribution is -1.97. The summed E-state index contributed by atoms with van der Waals surface area (Å²) in [6.07, 6.45) is 1.60. The van der Waals surface area contributed by atoms with Gasteiger partial charge in [0.25, 0.3) is 0 Å². The molecule has 0 atom stereocenters. The Morgan fingerprint density at radius 1 is 1.46 bits per heavy atom. The van der Waals surface area contributed by atoms with Gasteiger partial charge in [0.2, 0.25) is 0 Å². The predicted molar refractivity (Wildman–Crippen MR) is 49.7 cm³/mol. The van der Waals surface area contributed by atoms with Crippen molar-refractivity contribution >= 4 is 0 Å². The third-order valence-corrected chi connectivity index (χ3v) is 1.62. The molecule has 0 bridgehead atoms. The molecule has 1 aromatic rings. The van der Waals surface area contributed by atoms with Gasteiger partial charge in [-0.2, -0.15) is 0 Å². The average molecular weight is 180 g/mol. The fourth-order valence-electron chi connectivity index (χ4n) is 0.997. The summed E-state index contributed by atoms with van der Waals surface area (Å²) in [5, 5.41) is 18.3. The highest BCUT2D eigenvalue weighted by atomic mass is 16.5. The molecule has 2 N–H and O–H groups in total. The molecule has 0 aliphatic carbocycles. The second-order valence-electron chi connectivity index (χ2n) is 2.51. The molecule has 0 fully saturated rings. The van der Waals surface area contributed by atoms with Crippen LogP contribution in [-0.2, 0) is 6.61 Å². The van der Waals surface area contributed by atoms with Gasteiger partial charge in [-0.1, -0.05) is 18.7 Å². The summed E-state index contributed by atoms with van der Waals surface area (Å²) >= 11 is 0. The summed E-state index contributed by atoms with van der Waals surface area (Å²) in [6, 6.07) is 4.86. The van der Waals surface area contributed by atoms with Crippen LogP contribution in [0, 0.1) is 0 Å². The fraction of sp³-hybridized carbons (Fsp3) is 0.200. The smallest absolute Gasteiger partial charge is 0.129 e.